The van der Waals surface area contributed by atoms with Crippen molar-refractivity contribution in [2.45, 2.75) is 40.5 Å². The second kappa shape index (κ2) is 8.43. The molecule has 0 saturated heterocycles. The van der Waals surface area contributed by atoms with Crippen LogP contribution in [0, 0.1) is 12.8 Å². The van der Waals surface area contributed by atoms with Crippen LogP contribution in [0.25, 0.3) is 0 Å². The molecule has 0 aliphatic rings. The lowest BCUT2D eigenvalue weighted by atomic mass is 10.1. The average molecular weight is 326 g/mol. The van der Waals surface area contributed by atoms with Gasteiger partial charge in [0.1, 0.15) is 17.8 Å². The number of hydrogen-bond donors (Lipinski definition) is 2. The summed E-state index contributed by atoms with van der Waals surface area (Å²) in [6.07, 6.45) is 3.34. The molecular formula is C19H26N4O. The molecule has 0 aliphatic heterocycles. The van der Waals surface area contributed by atoms with Crippen molar-refractivity contribution in [2.24, 2.45) is 5.92 Å². The minimum absolute atomic E-state index is 0.215. The van der Waals surface area contributed by atoms with Crippen LogP contribution in [0.15, 0.2) is 30.6 Å². The molecule has 0 fully saturated rings. The van der Waals surface area contributed by atoms with E-state index in [2.05, 4.69) is 41.4 Å². The summed E-state index contributed by atoms with van der Waals surface area (Å²) in [6, 6.07) is 7.72. The third-order valence-electron chi connectivity index (χ3n) is 3.91. The number of carbonyl (C=O) groups is 1. The number of nitrogens with one attached hydrogen (secondary N) is 2. The summed E-state index contributed by atoms with van der Waals surface area (Å²) in [5.74, 6) is 1.08. The smallest absolute Gasteiger partial charge is 0.274 e. The van der Waals surface area contributed by atoms with Crippen LogP contribution in [0.4, 0.5) is 11.5 Å². The van der Waals surface area contributed by atoms with Crippen molar-refractivity contribution >= 4 is 17.4 Å². The first-order valence-electron chi connectivity index (χ1n) is 8.47. The standard InChI is InChI=1S/C19H26N4O/c1-5-15-8-6-7-14(4)18(15)23-19(24)16-11-17(22-12-21-16)20-10-9-13(2)3/h6-8,11-13H,5,9-10H2,1-4H3,(H,23,24)(H,20,21,22). The number of hydrogen-bond acceptors (Lipinski definition) is 4. The fourth-order valence-corrected chi connectivity index (χ4v) is 2.45. The Morgan fingerprint density at radius 2 is 2.04 bits per heavy atom. The minimum Gasteiger partial charge on any atom is -0.370 e. The Kier molecular flexibility index (Phi) is 6.29. The van der Waals surface area contributed by atoms with Gasteiger partial charge in [-0.1, -0.05) is 39.0 Å². The van der Waals surface area contributed by atoms with E-state index in [1.165, 1.54) is 6.33 Å². The third kappa shape index (κ3) is 4.78. The van der Waals surface area contributed by atoms with Crippen molar-refractivity contribution in [3.63, 3.8) is 0 Å². The second-order valence-electron chi connectivity index (χ2n) is 6.31. The van der Waals surface area contributed by atoms with Gasteiger partial charge in [-0.05, 0) is 36.8 Å². The van der Waals surface area contributed by atoms with Gasteiger partial charge in [-0.15, -0.1) is 0 Å². The largest absolute Gasteiger partial charge is 0.370 e. The highest BCUT2D eigenvalue weighted by Crippen LogP contribution is 2.21. The molecule has 0 radical (unpaired) electrons. The predicted molar refractivity (Wildman–Crippen MR) is 98.5 cm³/mol. The molecule has 1 aromatic heterocycles. The van der Waals surface area contributed by atoms with Gasteiger partial charge in [-0.25, -0.2) is 9.97 Å². The van der Waals surface area contributed by atoms with Gasteiger partial charge in [-0.3, -0.25) is 4.79 Å². The lowest BCUT2D eigenvalue weighted by molar-refractivity contribution is 0.102. The third-order valence-corrected chi connectivity index (χ3v) is 3.91. The quantitative estimate of drug-likeness (QED) is 0.805. The first kappa shape index (κ1) is 17.9. The minimum atomic E-state index is -0.215. The van der Waals surface area contributed by atoms with Crippen molar-refractivity contribution in [3.8, 4) is 0 Å². The molecule has 1 heterocycles. The van der Waals surface area contributed by atoms with E-state index in [1.807, 2.05) is 25.1 Å². The van der Waals surface area contributed by atoms with Crippen LogP contribution in [0.1, 0.15) is 48.8 Å². The highest BCUT2D eigenvalue weighted by Gasteiger charge is 2.12. The lowest BCUT2D eigenvalue weighted by Crippen LogP contribution is -2.17. The normalized spacial score (nSPS) is 10.7. The first-order valence-corrected chi connectivity index (χ1v) is 8.47. The van der Waals surface area contributed by atoms with Crippen LogP contribution in [-0.2, 0) is 6.42 Å². The number of rotatable bonds is 7. The summed E-state index contributed by atoms with van der Waals surface area (Å²) < 4.78 is 0. The van der Waals surface area contributed by atoms with Crippen molar-refractivity contribution < 1.29 is 4.79 Å². The maximum Gasteiger partial charge on any atom is 0.274 e. The maximum absolute atomic E-state index is 12.5. The maximum atomic E-state index is 12.5. The van der Waals surface area contributed by atoms with Crippen LogP contribution in [0.5, 0.6) is 0 Å². The van der Waals surface area contributed by atoms with E-state index in [9.17, 15) is 4.79 Å². The summed E-state index contributed by atoms with van der Waals surface area (Å²) in [7, 11) is 0. The molecule has 0 unspecified atom stereocenters. The Bertz CT molecular complexity index is 698. The average Bonchev–Trinajstić information content (AvgIpc) is 2.56. The number of anilines is 2. The van der Waals surface area contributed by atoms with Crippen molar-refractivity contribution in [1.29, 1.82) is 0 Å². The van der Waals surface area contributed by atoms with Gasteiger partial charge in [0.15, 0.2) is 0 Å². The molecule has 0 bridgehead atoms. The van der Waals surface area contributed by atoms with Crippen LogP contribution in [-0.4, -0.2) is 22.4 Å². The van der Waals surface area contributed by atoms with Gasteiger partial charge in [0.05, 0.1) is 0 Å². The number of para-hydroxylation sites is 1. The molecule has 5 heteroatoms. The Morgan fingerprint density at radius 3 is 2.75 bits per heavy atom. The van der Waals surface area contributed by atoms with E-state index in [0.717, 1.165) is 36.2 Å². The molecule has 0 aliphatic carbocycles. The zero-order chi connectivity index (χ0) is 17.5. The van der Waals surface area contributed by atoms with E-state index in [1.54, 1.807) is 6.07 Å². The molecule has 128 valence electrons. The highest BCUT2D eigenvalue weighted by molar-refractivity contribution is 6.04. The molecule has 1 aromatic carbocycles. The molecule has 2 aromatic rings. The zero-order valence-corrected chi connectivity index (χ0v) is 14.9. The topological polar surface area (TPSA) is 66.9 Å². The van der Waals surface area contributed by atoms with Gasteiger partial charge >= 0.3 is 0 Å². The molecule has 24 heavy (non-hydrogen) atoms. The Balaban J connectivity index is 2.10. The molecule has 0 atom stereocenters. The van der Waals surface area contributed by atoms with E-state index in [-0.39, 0.29) is 5.91 Å². The van der Waals surface area contributed by atoms with Crippen molar-refractivity contribution in [3.05, 3.63) is 47.4 Å². The number of carbonyl (C=O) groups excluding carboxylic acids is 1. The predicted octanol–water partition coefficient (Wildman–Crippen LogP) is 4.06. The fraction of sp³-hybridized carbons (Fsp3) is 0.421. The van der Waals surface area contributed by atoms with Crippen LogP contribution in [0.3, 0.4) is 0 Å². The molecule has 1 amide bonds. The van der Waals surface area contributed by atoms with Gasteiger partial charge < -0.3 is 10.6 Å². The van der Waals surface area contributed by atoms with Crippen molar-refractivity contribution in [2.75, 3.05) is 17.2 Å². The molecular weight excluding hydrogens is 300 g/mol. The fourth-order valence-electron chi connectivity index (χ4n) is 2.45. The summed E-state index contributed by atoms with van der Waals surface area (Å²) in [6.45, 7) is 9.25. The van der Waals surface area contributed by atoms with E-state index < -0.39 is 0 Å². The Hall–Kier alpha value is -2.43. The van der Waals surface area contributed by atoms with E-state index >= 15 is 0 Å². The lowest BCUT2D eigenvalue weighted by Gasteiger charge is -2.13. The SMILES string of the molecule is CCc1cccc(C)c1NC(=O)c1cc(NCCC(C)C)ncn1. The van der Waals surface area contributed by atoms with E-state index in [0.29, 0.717) is 17.4 Å². The van der Waals surface area contributed by atoms with Crippen LogP contribution < -0.4 is 10.6 Å². The second-order valence-corrected chi connectivity index (χ2v) is 6.31. The zero-order valence-electron chi connectivity index (χ0n) is 14.9. The number of benzene rings is 1. The number of nitrogens with zero attached hydrogens (tertiary/aromatic N) is 2. The van der Waals surface area contributed by atoms with Crippen LogP contribution >= 0.6 is 0 Å². The number of amides is 1. The van der Waals surface area contributed by atoms with Gasteiger partial charge in [0, 0.05) is 18.3 Å². The Labute approximate surface area is 143 Å². The van der Waals surface area contributed by atoms with Crippen LogP contribution in [0.2, 0.25) is 0 Å². The molecule has 0 spiro atoms. The Morgan fingerprint density at radius 1 is 1.25 bits per heavy atom. The summed E-state index contributed by atoms with van der Waals surface area (Å²) in [5.41, 5.74) is 3.40. The molecule has 2 N–H and O–H groups in total. The van der Waals surface area contributed by atoms with Gasteiger partial charge in [0.25, 0.3) is 5.91 Å². The summed E-state index contributed by atoms with van der Waals surface area (Å²) in [5, 5.41) is 6.23. The van der Waals surface area contributed by atoms with E-state index in [4.69, 9.17) is 0 Å². The number of aromatic nitrogens is 2. The van der Waals surface area contributed by atoms with Gasteiger partial charge in [-0.2, -0.15) is 0 Å². The number of aryl methyl sites for hydroxylation is 2. The molecule has 2 rings (SSSR count). The van der Waals surface area contributed by atoms with Gasteiger partial charge in [0.2, 0.25) is 0 Å². The molecule has 5 nitrogen and oxygen atoms in total. The van der Waals surface area contributed by atoms with Crippen molar-refractivity contribution in [1.82, 2.24) is 9.97 Å². The summed E-state index contributed by atoms with van der Waals surface area (Å²) >= 11 is 0. The highest BCUT2D eigenvalue weighted by atomic mass is 16.1. The first-order chi connectivity index (χ1) is 11.5. The molecule has 0 saturated carbocycles. The monoisotopic (exact) mass is 326 g/mol. The summed E-state index contributed by atoms with van der Waals surface area (Å²) in [4.78, 5) is 20.8.